The fourth-order valence-electron chi connectivity index (χ4n) is 16.5. The Bertz CT molecular complexity index is 6280. The molecule has 0 radical (unpaired) electrons. The van der Waals surface area contributed by atoms with Gasteiger partial charge in [-0.15, -0.1) is 11.5 Å². The maximum Gasteiger partial charge on any atom is 0.295 e. The summed E-state index contributed by atoms with van der Waals surface area (Å²) in [5, 5.41) is 238. The minimum Gasteiger partial charge on any atom is -0.394 e. The monoisotopic (exact) mass is 1820 g/mol. The van der Waals surface area contributed by atoms with Crippen molar-refractivity contribution >= 4 is 39.3 Å². The Labute approximate surface area is 731 Å². The third kappa shape index (κ3) is 14.8. The van der Waals surface area contributed by atoms with Crippen LogP contribution in [0.3, 0.4) is 0 Å². The van der Waals surface area contributed by atoms with Crippen molar-refractivity contribution in [1.82, 2.24) is 97.6 Å². The molecule has 6 saturated heterocycles. The minimum absolute atomic E-state index is 0.0444. The number of azide groups is 1. The summed E-state index contributed by atoms with van der Waals surface area (Å²) in [6, 6.07) is 15.4. The number of nitrogen functional groups attached to an aromatic ring is 1. The molecule has 0 bridgehead atoms. The van der Waals surface area contributed by atoms with Gasteiger partial charge in [-0.2, -0.15) is 30.8 Å². The summed E-state index contributed by atoms with van der Waals surface area (Å²) in [7, 11) is 1.36. The zero-order valence-electron chi connectivity index (χ0n) is 70.6. The van der Waals surface area contributed by atoms with Gasteiger partial charge >= 0.3 is 0 Å². The van der Waals surface area contributed by atoms with Crippen molar-refractivity contribution < 1.29 is 135 Å². The van der Waals surface area contributed by atoms with E-state index >= 15 is 0 Å². The first kappa shape index (κ1) is 96.0. The molecule has 0 amide bonds. The van der Waals surface area contributed by atoms with Gasteiger partial charge in [0.1, 0.15) is 163 Å². The molecule has 0 aliphatic carbocycles. The third-order valence-corrected chi connectivity index (χ3v) is 24.2. The second kappa shape index (κ2) is 35.6. The molecule has 0 spiro atoms. The predicted molar refractivity (Wildman–Crippen MR) is 432 cm³/mol. The zero-order chi connectivity index (χ0) is 95.0. The number of hydrogen-bond acceptors (Lipinski definition) is 44. The van der Waals surface area contributed by atoms with Gasteiger partial charge in [-0.1, -0.05) is 5.92 Å². The van der Waals surface area contributed by atoms with Gasteiger partial charge in [-0.25, -0.2) is 62.0 Å². The van der Waals surface area contributed by atoms with Crippen molar-refractivity contribution in [2.75, 3.05) is 52.5 Å². The van der Waals surface area contributed by atoms with E-state index < -0.39 is 187 Å². The van der Waals surface area contributed by atoms with Crippen LogP contribution in [-0.2, 0) is 67.4 Å². The van der Waals surface area contributed by atoms with Gasteiger partial charge in [0.05, 0.1) is 120 Å². The van der Waals surface area contributed by atoms with Crippen molar-refractivity contribution in [3.63, 3.8) is 0 Å². The van der Waals surface area contributed by atoms with Crippen LogP contribution in [0.1, 0.15) is 90.3 Å². The van der Waals surface area contributed by atoms with Gasteiger partial charge in [-0.05, 0) is 121 Å². The molecule has 6 fully saturated rings. The maximum absolute atomic E-state index is 11.7. The number of aliphatic hydroxyl groups is 20. The van der Waals surface area contributed by atoms with Gasteiger partial charge in [0.2, 0.25) is 45.9 Å². The van der Waals surface area contributed by atoms with Crippen LogP contribution in [0.2, 0.25) is 0 Å². The molecule has 24 atom stereocenters. The van der Waals surface area contributed by atoms with Crippen LogP contribution in [0.25, 0.3) is 43.8 Å². The lowest BCUT2D eigenvalue weighted by atomic mass is 9.80. The van der Waals surface area contributed by atoms with E-state index in [2.05, 4.69) is 86.4 Å². The maximum atomic E-state index is 11.7. The van der Waals surface area contributed by atoms with Crippen LogP contribution in [0.15, 0.2) is 102 Å². The van der Waals surface area contributed by atoms with E-state index in [0.29, 0.717) is 50.7 Å². The Morgan fingerprint density at radius 1 is 0.469 bits per heavy atom. The fraction of sp³-hybridized carbons (Fsp3) is 0.519. The number of rotatable bonds is 14. The lowest BCUT2D eigenvalue weighted by Gasteiger charge is -2.34. The Morgan fingerprint density at radius 3 is 1.27 bits per heavy atom. The van der Waals surface area contributed by atoms with E-state index in [9.17, 15) is 112 Å². The molecule has 12 aromatic rings. The number of nitrogens with one attached hydrogen (secondary N) is 1. The molecule has 1 unspecified atom stereocenters. The van der Waals surface area contributed by atoms with Crippen molar-refractivity contribution in [1.29, 1.82) is 5.26 Å². The Morgan fingerprint density at radius 2 is 0.846 bits per heavy atom. The summed E-state index contributed by atoms with van der Waals surface area (Å²) in [6.07, 6.45) is -3.01. The average Bonchev–Trinajstić information content (AvgIpc) is 1.56. The highest BCUT2D eigenvalue weighted by atomic mass is 16.7. The smallest absolute Gasteiger partial charge is 0.295 e. The van der Waals surface area contributed by atoms with Crippen LogP contribution in [0, 0.1) is 58.3 Å². The Hall–Kier alpha value is -11.5. The molecule has 6 aliphatic rings. The number of aromatic nitrogens is 20. The molecule has 12 aromatic heterocycles. The molecule has 53 heteroatoms. The van der Waals surface area contributed by atoms with Gasteiger partial charge in [0.15, 0.2) is 5.65 Å². The van der Waals surface area contributed by atoms with Crippen molar-refractivity contribution in [2.45, 2.75) is 204 Å². The van der Waals surface area contributed by atoms with Crippen molar-refractivity contribution in [2.24, 2.45) is 5.11 Å². The number of aryl methyl sites for hydroxylation is 5. The number of H-pyrrole nitrogens is 1. The topological polar surface area (TPSA) is 795 Å². The normalized spacial score (nSPS) is 34.3. The molecule has 6 aliphatic heterocycles. The standard InChI is InChI=1S/C15H17N3O4.C13H16N6O4.C13H14N4O4.C13H17N3O5.C12H16N4O5.C11H15N5O6/c1-4-15(14(3,21)13(20)11(7-19)22-15)12-6-5-10-9(2)16-8-17-18(10)12;1-7-8-3-4-10(19(8)16-6-15-7)13(17-18-14)12(2,22)11(21)9(5-20)23-13;1-7-8-2-3-10(17(8)16-6-15-7)13(5-14)12(20)11(19)9(4-18)21-13;1-7-8-3-4-10(16(8)15-6-14-7)13(20-2)12(19)11(18)9(5-17)21-13;1-6-10-13-3-8(16(10)15-5-14-6)12(20)11(2,19)9(18)7(4-17)21-12;1-10(20)6(18)4(3-17)22-11(10,21)5-2-13-7-8(19)14-9(12)15-16(5)7/h1,5-6,8,11,13,19-21H,7H2,2-3H3;3-4,6,9,11,20-22H,5H2,1-2H3;2-3,6,9,11-12,18-20H,4H2,1H3;3-4,6,9,11-12,17-19H,5H2,1-2H3;3,5,7,9,17-20H,4H2,1-2H3;2,4,6,17-18,20-21H,3H2,1H3,(H3,12,14,15,19)/t11-,13-,14-,15+;3*9-,11-,12-,13+;7-,9-,11-,12?;4-,6-,10-,11+/m111111/s1. The number of nitrogens with zero attached hydrogens (tertiary/aromatic N) is 23. The quantitative estimate of drug-likeness (QED) is 0.0208. The molecule has 0 saturated carbocycles. The minimum atomic E-state index is -2.45. The number of nitrogens with two attached hydrogens (primary N) is 1. The van der Waals surface area contributed by atoms with Crippen LogP contribution in [0.4, 0.5) is 5.95 Å². The number of hydrogen-bond donors (Lipinski definition) is 22. The number of imidazole rings is 2. The van der Waals surface area contributed by atoms with Crippen molar-refractivity contribution in [3.05, 3.63) is 176 Å². The van der Waals surface area contributed by atoms with Gasteiger partial charge < -0.3 is 141 Å². The highest BCUT2D eigenvalue weighted by molar-refractivity contribution is 5.58. The molecule has 18 heterocycles. The van der Waals surface area contributed by atoms with E-state index in [1.54, 1.807) is 73.8 Å². The third-order valence-electron chi connectivity index (χ3n) is 24.2. The molecule has 130 heavy (non-hydrogen) atoms. The SMILES string of the molecule is C#C[C@@]1(c2ccc3c(C)ncnn23)O[C@H](CO)[C@@H](O)[C@@]1(C)O.CO[C@@]1(c2ccc3c(C)ncnn23)O[C@H](CO)[C@@H](O)[C@H]1O.C[C@@]1(O)[C@H](O)[C@@H](CO)O[C@@]1(O)c1cnc2c(=O)[nH]c(N)nn12.Cc1ncnn2c(C3(O)O[C@H](CO)[C@@H](O)[C@@]3(C)O)cnc12.Cc1ncnn2c([C@]3(C#N)O[C@H](CO)[C@@H](O)[C@H]3O)ccc12.Cc1ncnn2c([C@]3(N=[N+]=[N-])O[C@H](CO)[C@@H](O)[C@@]3(C)O)ccc12. The van der Waals surface area contributed by atoms with Crippen LogP contribution >= 0.6 is 0 Å². The average molecular weight is 1820 g/mol. The number of aliphatic hydroxyl groups excluding tert-OH is 14. The number of ether oxygens (including phenoxy) is 7. The molecule has 0 aromatic carbocycles. The summed E-state index contributed by atoms with van der Waals surface area (Å²) in [5.41, 5.74) is 8.02. The zero-order valence-corrected chi connectivity index (χ0v) is 70.6. The van der Waals surface area contributed by atoms with Crippen LogP contribution in [0.5, 0.6) is 0 Å². The second-order valence-corrected chi connectivity index (χ2v) is 31.8. The van der Waals surface area contributed by atoms with E-state index in [0.717, 1.165) is 34.5 Å². The van der Waals surface area contributed by atoms with Gasteiger partial charge in [-0.3, -0.25) is 9.78 Å². The molecule has 18 rings (SSSR count). The van der Waals surface area contributed by atoms with E-state index in [4.69, 9.17) is 50.8 Å². The summed E-state index contributed by atoms with van der Waals surface area (Å²) < 4.78 is 46.4. The summed E-state index contributed by atoms with van der Waals surface area (Å²) in [5.74, 6) is -4.10. The molecule has 23 N–H and O–H groups in total. The molecular weight excluding hydrogens is 1720 g/mol. The lowest BCUT2D eigenvalue weighted by Crippen LogP contribution is -2.53. The number of terminal acetylenes is 1. The van der Waals surface area contributed by atoms with Crippen LogP contribution < -0.4 is 11.3 Å². The molecular formula is C77H95N25O28. The van der Waals surface area contributed by atoms with Gasteiger partial charge in [0.25, 0.3) is 5.56 Å². The first-order valence-corrected chi connectivity index (χ1v) is 39.5. The summed E-state index contributed by atoms with van der Waals surface area (Å²) in [4.78, 5) is 44.9. The van der Waals surface area contributed by atoms with Crippen LogP contribution in [-0.4, -0.2) is 354 Å². The summed E-state index contributed by atoms with van der Waals surface area (Å²) in [6.45, 7) is 10.8. The number of aromatic amines is 1. The number of methoxy groups -OCH3 is 1. The second-order valence-electron chi connectivity index (χ2n) is 31.8. The predicted octanol–water partition coefficient (Wildman–Crippen LogP) is -8.08. The number of anilines is 1. The molecule has 696 valence electrons. The highest BCUT2D eigenvalue weighted by Crippen LogP contribution is 2.52. The highest BCUT2D eigenvalue weighted by Gasteiger charge is 2.69. The molecule has 53 nitrogen and oxygen atoms in total. The Balaban J connectivity index is 0.000000133. The van der Waals surface area contributed by atoms with E-state index in [1.165, 1.54) is 83.8 Å². The van der Waals surface area contributed by atoms with Gasteiger partial charge in [0, 0.05) is 12.0 Å². The lowest BCUT2D eigenvalue weighted by molar-refractivity contribution is -0.276. The van der Waals surface area contributed by atoms with E-state index in [-0.39, 0.29) is 34.4 Å². The largest absolute Gasteiger partial charge is 0.394 e. The summed E-state index contributed by atoms with van der Waals surface area (Å²) >= 11 is 0. The fourth-order valence-corrected chi connectivity index (χ4v) is 16.5. The van der Waals surface area contributed by atoms with E-state index in [1.807, 2.05) is 19.9 Å². The van der Waals surface area contributed by atoms with Crippen molar-refractivity contribution in [3.8, 4) is 18.4 Å². The number of nitriles is 1. The number of fused-ring (bicyclic) bond motifs is 6. The first-order valence-electron chi connectivity index (χ1n) is 39.5. The Kier molecular flexibility index (Phi) is 26.3. The first-order chi connectivity index (χ1) is 61.4.